The first kappa shape index (κ1) is 7.54. The van der Waals surface area contributed by atoms with Crippen LogP contribution in [0.25, 0.3) is 6.08 Å². The van der Waals surface area contributed by atoms with Crippen molar-refractivity contribution in [3.8, 4) is 0 Å². The SMILES string of the molecule is O=C(O)/C=C/c1[c]cccc1. The van der Waals surface area contributed by atoms with Crippen LogP contribution in [0, 0.1) is 6.07 Å². The largest absolute Gasteiger partial charge is 0.478 e. The van der Waals surface area contributed by atoms with Gasteiger partial charge in [-0.1, -0.05) is 24.3 Å². The molecule has 2 nitrogen and oxygen atoms in total. The molecule has 0 unspecified atom stereocenters. The molecular weight excluding hydrogens is 140 g/mol. The highest BCUT2D eigenvalue weighted by Crippen LogP contribution is 1.98. The molecule has 2 heteroatoms. The van der Waals surface area contributed by atoms with E-state index < -0.39 is 5.97 Å². The Morgan fingerprint density at radius 1 is 1.55 bits per heavy atom. The number of hydrogen-bond acceptors (Lipinski definition) is 1. The fraction of sp³-hybridized carbons (Fsp3) is 0. The first-order chi connectivity index (χ1) is 5.29. The Morgan fingerprint density at radius 2 is 2.36 bits per heavy atom. The summed E-state index contributed by atoms with van der Waals surface area (Å²) in [5.74, 6) is -0.942. The molecule has 55 valence electrons. The number of aliphatic carboxylic acids is 1. The minimum atomic E-state index is -0.942. The average molecular weight is 147 g/mol. The second kappa shape index (κ2) is 3.56. The number of carboxylic acid groups (broad SMARTS) is 1. The fourth-order valence-electron chi connectivity index (χ4n) is 0.672. The van der Waals surface area contributed by atoms with E-state index in [1.165, 1.54) is 6.08 Å². The molecule has 11 heavy (non-hydrogen) atoms. The normalized spacial score (nSPS) is 10.2. The highest BCUT2D eigenvalue weighted by Gasteiger charge is 1.86. The van der Waals surface area contributed by atoms with Gasteiger partial charge in [-0.3, -0.25) is 0 Å². The van der Waals surface area contributed by atoms with Crippen LogP contribution in [0.15, 0.2) is 30.3 Å². The summed E-state index contributed by atoms with van der Waals surface area (Å²) in [7, 11) is 0. The maximum absolute atomic E-state index is 10.1. The molecule has 1 radical (unpaired) electrons. The Hall–Kier alpha value is -1.57. The summed E-state index contributed by atoms with van der Waals surface area (Å²) in [5.41, 5.74) is 0.773. The van der Waals surface area contributed by atoms with Gasteiger partial charge in [0.05, 0.1) is 0 Å². The van der Waals surface area contributed by atoms with Gasteiger partial charge in [0.1, 0.15) is 0 Å². The van der Waals surface area contributed by atoms with Gasteiger partial charge in [-0.05, 0) is 17.7 Å². The van der Waals surface area contributed by atoms with Gasteiger partial charge in [-0.15, -0.1) is 0 Å². The van der Waals surface area contributed by atoms with Crippen molar-refractivity contribution >= 4 is 12.0 Å². The van der Waals surface area contributed by atoms with Crippen LogP contribution in [0.3, 0.4) is 0 Å². The first-order valence-electron chi connectivity index (χ1n) is 3.17. The molecule has 0 fully saturated rings. The number of hydrogen-bond donors (Lipinski definition) is 1. The Labute approximate surface area is 64.8 Å². The summed E-state index contributed by atoms with van der Waals surface area (Å²) < 4.78 is 0. The molecule has 1 rings (SSSR count). The number of carbonyl (C=O) groups is 1. The van der Waals surface area contributed by atoms with E-state index in [2.05, 4.69) is 6.07 Å². The average Bonchev–Trinajstić information content (AvgIpc) is 2.03. The highest BCUT2D eigenvalue weighted by molar-refractivity contribution is 5.85. The third kappa shape index (κ3) is 2.67. The Balaban J connectivity index is 2.72. The summed E-state index contributed by atoms with van der Waals surface area (Å²) in [6, 6.07) is 10.1. The lowest BCUT2D eigenvalue weighted by molar-refractivity contribution is -0.131. The van der Waals surface area contributed by atoms with Gasteiger partial charge in [0.25, 0.3) is 0 Å². The molecule has 0 aliphatic heterocycles. The van der Waals surface area contributed by atoms with Crippen LogP contribution in [0.5, 0.6) is 0 Å². The molecule has 0 bridgehead atoms. The van der Waals surface area contributed by atoms with E-state index in [0.29, 0.717) is 0 Å². The van der Waals surface area contributed by atoms with Crippen LogP contribution in [0.2, 0.25) is 0 Å². The quantitative estimate of drug-likeness (QED) is 0.645. The molecule has 0 aliphatic rings. The van der Waals surface area contributed by atoms with Gasteiger partial charge in [0, 0.05) is 6.08 Å². The van der Waals surface area contributed by atoms with Crippen molar-refractivity contribution in [2.45, 2.75) is 0 Å². The summed E-state index contributed by atoms with van der Waals surface area (Å²) in [5, 5.41) is 8.27. The maximum Gasteiger partial charge on any atom is 0.328 e. The minimum Gasteiger partial charge on any atom is -0.478 e. The molecule has 0 saturated carbocycles. The third-order valence-corrected chi connectivity index (χ3v) is 1.14. The third-order valence-electron chi connectivity index (χ3n) is 1.14. The molecule has 0 aliphatic carbocycles. The predicted molar refractivity (Wildman–Crippen MR) is 41.9 cm³/mol. The van der Waals surface area contributed by atoms with E-state index in [1.807, 2.05) is 12.1 Å². The molecule has 1 aromatic carbocycles. The van der Waals surface area contributed by atoms with Crippen LogP contribution < -0.4 is 0 Å². The van der Waals surface area contributed by atoms with Crippen LogP contribution in [-0.4, -0.2) is 11.1 Å². The van der Waals surface area contributed by atoms with Crippen molar-refractivity contribution < 1.29 is 9.90 Å². The summed E-state index contributed by atoms with van der Waals surface area (Å²) >= 11 is 0. The topological polar surface area (TPSA) is 37.3 Å². The van der Waals surface area contributed by atoms with Crippen molar-refractivity contribution in [2.24, 2.45) is 0 Å². The highest BCUT2D eigenvalue weighted by atomic mass is 16.4. The second-order valence-corrected chi connectivity index (χ2v) is 1.99. The summed E-state index contributed by atoms with van der Waals surface area (Å²) in [4.78, 5) is 10.1. The van der Waals surface area contributed by atoms with Crippen molar-refractivity contribution in [3.05, 3.63) is 42.0 Å². The van der Waals surface area contributed by atoms with E-state index in [4.69, 9.17) is 5.11 Å². The van der Waals surface area contributed by atoms with Gasteiger partial charge in [-0.25, -0.2) is 4.79 Å². The summed E-state index contributed by atoms with van der Waals surface area (Å²) in [6.07, 6.45) is 2.59. The minimum absolute atomic E-state index is 0.773. The zero-order valence-electron chi connectivity index (χ0n) is 5.82. The predicted octanol–water partition coefficient (Wildman–Crippen LogP) is 1.58. The molecule has 0 amide bonds. The molecule has 1 N–H and O–H groups in total. The van der Waals surface area contributed by atoms with Crippen LogP contribution in [0.1, 0.15) is 5.56 Å². The van der Waals surface area contributed by atoms with Crippen LogP contribution >= 0.6 is 0 Å². The Bertz CT molecular complexity index is 262. The van der Waals surface area contributed by atoms with Gasteiger partial charge >= 0.3 is 5.97 Å². The smallest absolute Gasteiger partial charge is 0.328 e. The Kier molecular flexibility index (Phi) is 2.44. The molecule has 0 spiro atoms. The molecular formula is C9H7O2. The van der Waals surface area contributed by atoms with Crippen molar-refractivity contribution in [1.82, 2.24) is 0 Å². The van der Waals surface area contributed by atoms with Crippen molar-refractivity contribution in [1.29, 1.82) is 0 Å². The van der Waals surface area contributed by atoms with Crippen molar-refractivity contribution in [3.63, 3.8) is 0 Å². The lowest BCUT2D eigenvalue weighted by Crippen LogP contribution is -1.85. The summed E-state index contributed by atoms with van der Waals surface area (Å²) in [6.45, 7) is 0. The van der Waals surface area contributed by atoms with E-state index in [0.717, 1.165) is 11.6 Å². The lowest BCUT2D eigenvalue weighted by Gasteiger charge is -1.87. The first-order valence-corrected chi connectivity index (χ1v) is 3.17. The monoisotopic (exact) mass is 147 g/mol. The maximum atomic E-state index is 10.1. The molecule has 1 aromatic rings. The number of rotatable bonds is 2. The van der Waals surface area contributed by atoms with Crippen LogP contribution in [0.4, 0.5) is 0 Å². The Morgan fingerprint density at radius 3 is 2.91 bits per heavy atom. The van der Waals surface area contributed by atoms with E-state index in [-0.39, 0.29) is 0 Å². The van der Waals surface area contributed by atoms with E-state index in [9.17, 15) is 4.79 Å². The molecule has 0 saturated heterocycles. The molecule has 0 heterocycles. The van der Waals surface area contributed by atoms with E-state index >= 15 is 0 Å². The second-order valence-electron chi connectivity index (χ2n) is 1.99. The zero-order chi connectivity index (χ0) is 8.10. The van der Waals surface area contributed by atoms with Gasteiger partial charge in [0.15, 0.2) is 0 Å². The van der Waals surface area contributed by atoms with Gasteiger partial charge in [0.2, 0.25) is 0 Å². The zero-order valence-corrected chi connectivity index (χ0v) is 5.82. The van der Waals surface area contributed by atoms with Gasteiger partial charge in [-0.2, -0.15) is 0 Å². The number of benzene rings is 1. The van der Waals surface area contributed by atoms with Gasteiger partial charge < -0.3 is 5.11 Å². The fourth-order valence-corrected chi connectivity index (χ4v) is 0.672. The van der Waals surface area contributed by atoms with Crippen molar-refractivity contribution in [2.75, 3.05) is 0 Å². The van der Waals surface area contributed by atoms with Crippen LogP contribution in [-0.2, 0) is 4.79 Å². The molecule has 0 atom stereocenters. The van der Waals surface area contributed by atoms with E-state index in [1.54, 1.807) is 12.1 Å². The molecule has 0 aromatic heterocycles. The lowest BCUT2D eigenvalue weighted by atomic mass is 10.2. The standard InChI is InChI=1S/C9H7O2/c10-9(11)7-6-8-4-2-1-3-5-8/h1-4,6-7H,(H,10,11)/b7-6+. The number of carboxylic acids is 1.